The number of piperazine rings is 1. The lowest BCUT2D eigenvalue weighted by molar-refractivity contribution is 0.0697. The van der Waals surface area contributed by atoms with Crippen LogP contribution in [0.25, 0.3) is 0 Å². The summed E-state index contributed by atoms with van der Waals surface area (Å²) in [6, 6.07) is 7.86. The highest BCUT2D eigenvalue weighted by molar-refractivity contribution is 7.89. The van der Waals surface area contributed by atoms with E-state index in [9.17, 15) is 13.2 Å². The number of hydrogen-bond acceptors (Lipinski definition) is 5. The molecule has 138 valence electrons. The maximum atomic E-state index is 12.9. The molecule has 1 aliphatic heterocycles. The molecule has 1 aromatic carbocycles. The second-order valence-electron chi connectivity index (χ2n) is 5.73. The summed E-state index contributed by atoms with van der Waals surface area (Å²) in [5.41, 5.74) is 0.486. The van der Waals surface area contributed by atoms with Gasteiger partial charge in [0.25, 0.3) is 5.91 Å². The van der Waals surface area contributed by atoms with Crippen LogP contribution < -0.4 is 4.74 Å². The predicted molar refractivity (Wildman–Crippen MR) is 96.9 cm³/mol. The van der Waals surface area contributed by atoms with Crippen molar-refractivity contribution in [3.8, 4) is 5.75 Å². The van der Waals surface area contributed by atoms with Gasteiger partial charge in [-0.3, -0.25) is 9.78 Å². The number of nitrogens with zero attached hydrogens (tertiary/aromatic N) is 3. The SMILES string of the molecule is COc1ccc(Cl)cc1S(=O)(=O)N1CCN(C(=O)c2cccnc2)CC1. The Bertz CT molecular complexity index is 897. The minimum absolute atomic E-state index is 0.0273. The van der Waals surface area contributed by atoms with Crippen LogP contribution in [0.3, 0.4) is 0 Å². The van der Waals surface area contributed by atoms with Crippen LogP contribution in [0.5, 0.6) is 5.75 Å². The molecule has 0 unspecified atom stereocenters. The number of halogens is 1. The molecular formula is C17H18ClN3O4S. The Labute approximate surface area is 157 Å². The third-order valence-electron chi connectivity index (χ3n) is 4.18. The van der Waals surface area contributed by atoms with Gasteiger partial charge in [-0.2, -0.15) is 4.31 Å². The monoisotopic (exact) mass is 395 g/mol. The molecule has 1 amide bonds. The molecule has 26 heavy (non-hydrogen) atoms. The number of aromatic nitrogens is 1. The lowest BCUT2D eigenvalue weighted by atomic mass is 10.2. The molecule has 3 rings (SSSR count). The summed E-state index contributed by atoms with van der Waals surface area (Å²) in [5, 5.41) is 0.315. The minimum atomic E-state index is -3.77. The maximum absolute atomic E-state index is 12.9. The van der Waals surface area contributed by atoms with Crippen LogP contribution in [0, 0.1) is 0 Å². The van der Waals surface area contributed by atoms with E-state index in [4.69, 9.17) is 16.3 Å². The van der Waals surface area contributed by atoms with Crippen molar-refractivity contribution in [2.45, 2.75) is 4.90 Å². The molecule has 1 aromatic heterocycles. The number of methoxy groups -OCH3 is 1. The fourth-order valence-corrected chi connectivity index (χ4v) is 4.64. The van der Waals surface area contributed by atoms with Crippen molar-refractivity contribution in [2.24, 2.45) is 0 Å². The van der Waals surface area contributed by atoms with Gasteiger partial charge >= 0.3 is 0 Å². The Balaban J connectivity index is 1.75. The van der Waals surface area contributed by atoms with E-state index in [0.29, 0.717) is 23.7 Å². The van der Waals surface area contributed by atoms with E-state index < -0.39 is 10.0 Å². The summed E-state index contributed by atoms with van der Waals surface area (Å²) in [6.45, 7) is 1.000. The highest BCUT2D eigenvalue weighted by Gasteiger charge is 2.32. The van der Waals surface area contributed by atoms with E-state index in [1.54, 1.807) is 29.3 Å². The first-order valence-corrected chi connectivity index (χ1v) is 9.78. The molecule has 2 heterocycles. The van der Waals surface area contributed by atoms with Gasteiger partial charge in [-0.15, -0.1) is 0 Å². The number of sulfonamides is 1. The predicted octanol–water partition coefficient (Wildman–Crippen LogP) is 1.89. The highest BCUT2D eigenvalue weighted by atomic mass is 35.5. The van der Waals surface area contributed by atoms with Crippen LogP contribution in [-0.2, 0) is 10.0 Å². The van der Waals surface area contributed by atoms with Crippen LogP contribution in [0.4, 0.5) is 0 Å². The number of ether oxygens (including phenoxy) is 1. The van der Waals surface area contributed by atoms with Crippen LogP contribution in [-0.4, -0.2) is 61.8 Å². The van der Waals surface area contributed by atoms with Gasteiger partial charge < -0.3 is 9.64 Å². The summed E-state index contributed by atoms with van der Waals surface area (Å²) in [6.07, 6.45) is 3.10. The quantitative estimate of drug-likeness (QED) is 0.789. The molecule has 0 aliphatic carbocycles. The van der Waals surface area contributed by atoms with E-state index in [1.165, 1.54) is 29.7 Å². The molecule has 1 fully saturated rings. The first-order chi connectivity index (χ1) is 12.4. The van der Waals surface area contributed by atoms with Crippen molar-refractivity contribution in [1.29, 1.82) is 0 Å². The van der Waals surface area contributed by atoms with Gasteiger partial charge in [0.2, 0.25) is 10.0 Å². The van der Waals surface area contributed by atoms with Crippen molar-refractivity contribution in [3.05, 3.63) is 53.3 Å². The molecule has 1 saturated heterocycles. The van der Waals surface area contributed by atoms with Crippen LogP contribution in [0.1, 0.15) is 10.4 Å². The minimum Gasteiger partial charge on any atom is -0.495 e. The Morgan fingerprint density at radius 3 is 2.54 bits per heavy atom. The molecular weight excluding hydrogens is 378 g/mol. The third-order valence-corrected chi connectivity index (χ3v) is 6.33. The zero-order valence-corrected chi connectivity index (χ0v) is 15.7. The maximum Gasteiger partial charge on any atom is 0.255 e. The average Bonchev–Trinajstić information content (AvgIpc) is 2.68. The van der Waals surface area contributed by atoms with E-state index in [2.05, 4.69) is 4.98 Å². The van der Waals surface area contributed by atoms with Crippen molar-refractivity contribution in [1.82, 2.24) is 14.2 Å². The van der Waals surface area contributed by atoms with E-state index in [-0.39, 0.29) is 29.6 Å². The summed E-state index contributed by atoms with van der Waals surface area (Å²) in [4.78, 5) is 18.0. The molecule has 0 N–H and O–H groups in total. The van der Waals surface area contributed by atoms with Gasteiger partial charge in [-0.25, -0.2) is 8.42 Å². The van der Waals surface area contributed by atoms with Crippen LogP contribution >= 0.6 is 11.6 Å². The van der Waals surface area contributed by atoms with Gasteiger partial charge in [0.15, 0.2) is 0 Å². The lowest BCUT2D eigenvalue weighted by Crippen LogP contribution is -2.50. The number of benzene rings is 1. The van der Waals surface area contributed by atoms with E-state index in [1.807, 2.05) is 0 Å². The number of rotatable bonds is 4. The first-order valence-electron chi connectivity index (χ1n) is 7.96. The van der Waals surface area contributed by atoms with Crippen molar-refractivity contribution < 1.29 is 17.9 Å². The van der Waals surface area contributed by atoms with Crippen molar-refractivity contribution in [2.75, 3.05) is 33.3 Å². The largest absolute Gasteiger partial charge is 0.495 e. The molecule has 1 aliphatic rings. The molecule has 7 nitrogen and oxygen atoms in total. The number of hydrogen-bond donors (Lipinski definition) is 0. The first kappa shape index (κ1) is 18.6. The van der Waals surface area contributed by atoms with Crippen LogP contribution in [0.15, 0.2) is 47.6 Å². The Kier molecular flexibility index (Phi) is 5.45. The summed E-state index contributed by atoms with van der Waals surface area (Å²) < 4.78 is 32.4. The molecule has 0 saturated carbocycles. The van der Waals surface area contributed by atoms with Gasteiger partial charge in [0, 0.05) is 43.6 Å². The number of pyridine rings is 1. The molecule has 9 heteroatoms. The Hall–Kier alpha value is -2.16. The zero-order valence-electron chi connectivity index (χ0n) is 14.1. The van der Waals surface area contributed by atoms with Gasteiger partial charge in [-0.1, -0.05) is 11.6 Å². The van der Waals surface area contributed by atoms with Gasteiger partial charge in [-0.05, 0) is 30.3 Å². The van der Waals surface area contributed by atoms with Crippen LogP contribution in [0.2, 0.25) is 5.02 Å². The smallest absolute Gasteiger partial charge is 0.255 e. The number of amides is 1. The van der Waals surface area contributed by atoms with E-state index in [0.717, 1.165) is 0 Å². The lowest BCUT2D eigenvalue weighted by Gasteiger charge is -2.34. The van der Waals surface area contributed by atoms with Crippen molar-refractivity contribution >= 4 is 27.5 Å². The average molecular weight is 396 g/mol. The fourth-order valence-electron chi connectivity index (χ4n) is 2.79. The molecule has 2 aromatic rings. The summed E-state index contributed by atoms with van der Waals surface area (Å²) in [5.74, 6) is 0.0822. The summed E-state index contributed by atoms with van der Waals surface area (Å²) in [7, 11) is -2.36. The second-order valence-corrected chi connectivity index (χ2v) is 8.08. The normalized spacial score (nSPS) is 15.7. The fraction of sp³-hybridized carbons (Fsp3) is 0.294. The summed E-state index contributed by atoms with van der Waals surface area (Å²) >= 11 is 5.95. The molecule has 0 atom stereocenters. The zero-order chi connectivity index (χ0) is 18.7. The topological polar surface area (TPSA) is 79.8 Å². The Morgan fingerprint density at radius 2 is 1.92 bits per heavy atom. The third kappa shape index (κ3) is 3.67. The van der Waals surface area contributed by atoms with Gasteiger partial charge in [0.05, 0.1) is 12.7 Å². The van der Waals surface area contributed by atoms with E-state index >= 15 is 0 Å². The number of carbonyl (C=O) groups is 1. The molecule has 0 radical (unpaired) electrons. The second kappa shape index (κ2) is 7.61. The molecule has 0 bridgehead atoms. The highest BCUT2D eigenvalue weighted by Crippen LogP contribution is 2.30. The van der Waals surface area contributed by atoms with Crippen molar-refractivity contribution in [3.63, 3.8) is 0 Å². The Morgan fingerprint density at radius 1 is 1.19 bits per heavy atom. The molecule has 0 spiro atoms. The number of carbonyl (C=O) groups excluding carboxylic acids is 1. The van der Waals surface area contributed by atoms with Gasteiger partial charge in [0.1, 0.15) is 10.6 Å². The standard InChI is InChI=1S/C17H18ClN3O4S/c1-25-15-5-4-14(18)11-16(15)26(23,24)21-9-7-20(8-10-21)17(22)13-3-2-6-19-12-13/h2-6,11-12H,7-10H2,1H3.